The second-order valence-corrected chi connectivity index (χ2v) is 6.55. The Hall–Kier alpha value is -0.810. The third-order valence-corrected chi connectivity index (χ3v) is 4.54. The van der Waals surface area contributed by atoms with E-state index >= 15 is 0 Å². The molecule has 0 saturated heterocycles. The molecule has 0 atom stereocenters. The second kappa shape index (κ2) is 7.64. The summed E-state index contributed by atoms with van der Waals surface area (Å²) in [4.78, 5) is 3.73. The van der Waals surface area contributed by atoms with Crippen LogP contribution in [-0.2, 0) is 10.0 Å². The molecule has 5 nitrogen and oxygen atoms in total. The van der Waals surface area contributed by atoms with Gasteiger partial charge in [-0.1, -0.05) is 35.0 Å². The monoisotopic (exact) mass is 363 g/mol. The Labute approximate surface area is 160 Å². The third kappa shape index (κ3) is 4.35. The van der Waals surface area contributed by atoms with Crippen molar-refractivity contribution in [3.8, 4) is 6.07 Å². The van der Waals surface area contributed by atoms with Gasteiger partial charge in [0, 0.05) is 6.20 Å². The molecule has 0 fully saturated rings. The van der Waals surface area contributed by atoms with Gasteiger partial charge in [-0.2, -0.15) is 5.26 Å². The number of sulfonamides is 1. The van der Waals surface area contributed by atoms with Crippen LogP contribution in [0.4, 0.5) is 5.69 Å². The van der Waals surface area contributed by atoms with E-state index in [0.717, 1.165) is 0 Å². The van der Waals surface area contributed by atoms with Gasteiger partial charge in [0.1, 0.15) is 21.8 Å². The number of hydrogen-bond acceptors (Lipinski definition) is 4. The van der Waals surface area contributed by atoms with Crippen LogP contribution in [-0.4, -0.2) is 13.4 Å². The van der Waals surface area contributed by atoms with Crippen LogP contribution in [0.15, 0.2) is 35.4 Å². The zero-order chi connectivity index (χ0) is 15.6. The molecule has 0 unspecified atom stereocenters. The molecule has 0 saturated carbocycles. The van der Waals surface area contributed by atoms with E-state index in [0.29, 0.717) is 5.56 Å². The van der Waals surface area contributed by atoms with Crippen LogP contribution < -0.4 is 29.6 Å². The predicted octanol–water partition coefficient (Wildman–Crippen LogP) is 0.967. The molecule has 1 aromatic carbocycles. The summed E-state index contributed by atoms with van der Waals surface area (Å²) in [7, 11) is -4.01. The quantitative estimate of drug-likeness (QED) is 0.760. The SMILES string of the molecule is Cc1cnc(C#N)c([N-]S(=O)(=O)c2ccc(Cl)c(Cl)c2)c1.[Na+]. The zero-order valence-electron chi connectivity index (χ0n) is 11.7. The first-order valence-corrected chi connectivity index (χ1v) is 7.83. The van der Waals surface area contributed by atoms with Crippen LogP contribution in [0.2, 0.25) is 10.0 Å². The fourth-order valence-electron chi connectivity index (χ4n) is 1.53. The number of aromatic nitrogens is 1. The molecule has 0 radical (unpaired) electrons. The molecular weight excluding hydrogens is 356 g/mol. The Morgan fingerprint density at radius 3 is 2.50 bits per heavy atom. The number of rotatable bonds is 3. The summed E-state index contributed by atoms with van der Waals surface area (Å²) in [5.41, 5.74) is 0.616. The van der Waals surface area contributed by atoms with E-state index in [9.17, 15) is 8.42 Å². The normalized spacial score (nSPS) is 10.5. The molecule has 22 heavy (non-hydrogen) atoms. The molecule has 0 aliphatic heterocycles. The fourth-order valence-corrected chi connectivity index (χ4v) is 2.90. The topological polar surface area (TPSA) is 84.9 Å². The number of hydrogen-bond donors (Lipinski definition) is 0. The number of benzene rings is 1. The number of aryl methyl sites for hydroxylation is 1. The number of nitriles is 1. The summed E-state index contributed by atoms with van der Waals surface area (Å²) < 4.78 is 28.1. The molecular formula is C13H8Cl2N3NaO2S. The van der Waals surface area contributed by atoms with Gasteiger partial charge in [0.25, 0.3) is 0 Å². The Balaban J connectivity index is 0.00000242. The minimum atomic E-state index is -4.01. The van der Waals surface area contributed by atoms with E-state index in [2.05, 4.69) is 9.71 Å². The summed E-state index contributed by atoms with van der Waals surface area (Å²) in [6, 6.07) is 7.14. The van der Waals surface area contributed by atoms with Gasteiger partial charge < -0.3 is 4.72 Å². The van der Waals surface area contributed by atoms with E-state index < -0.39 is 10.0 Å². The molecule has 0 amide bonds. The molecule has 108 valence electrons. The molecule has 0 aliphatic carbocycles. The Bertz CT molecular complexity index is 851. The standard InChI is InChI=1S/C13H8Cl2N3O2S.Na/c1-8-4-12(13(6-16)17-7-8)18-21(19,20)9-2-3-10(14)11(15)5-9;/h2-5,7H,1H3;/q-1;+1. The van der Waals surface area contributed by atoms with Crippen LogP contribution in [0.25, 0.3) is 4.72 Å². The summed E-state index contributed by atoms with van der Waals surface area (Å²) in [5, 5.41) is 9.30. The van der Waals surface area contributed by atoms with E-state index in [-0.39, 0.29) is 55.9 Å². The molecule has 0 bridgehead atoms. The van der Waals surface area contributed by atoms with Crippen LogP contribution >= 0.6 is 23.2 Å². The molecule has 1 heterocycles. The summed E-state index contributed by atoms with van der Waals surface area (Å²) in [6.45, 7) is 1.72. The van der Waals surface area contributed by atoms with Gasteiger partial charge in [0.05, 0.1) is 14.9 Å². The number of halogens is 2. The van der Waals surface area contributed by atoms with E-state index in [1.807, 2.05) is 0 Å². The fraction of sp³-hybridized carbons (Fsp3) is 0.0769. The van der Waals surface area contributed by atoms with E-state index in [1.165, 1.54) is 30.5 Å². The number of nitrogens with zero attached hydrogens (tertiary/aromatic N) is 3. The van der Waals surface area contributed by atoms with E-state index in [1.54, 1.807) is 13.0 Å². The van der Waals surface area contributed by atoms with Gasteiger partial charge in [-0.3, -0.25) is 0 Å². The van der Waals surface area contributed by atoms with Crippen LogP contribution in [0.3, 0.4) is 0 Å². The molecule has 0 aliphatic rings. The predicted molar refractivity (Wildman–Crippen MR) is 80.4 cm³/mol. The largest absolute Gasteiger partial charge is 1.00 e. The summed E-state index contributed by atoms with van der Waals surface area (Å²) >= 11 is 11.6. The maximum atomic E-state index is 12.2. The summed E-state index contributed by atoms with van der Waals surface area (Å²) in [6.07, 6.45) is 1.46. The first kappa shape index (κ1) is 19.2. The average molecular weight is 364 g/mol. The third-order valence-electron chi connectivity index (χ3n) is 2.52. The van der Waals surface area contributed by atoms with Crippen molar-refractivity contribution in [2.45, 2.75) is 11.8 Å². The van der Waals surface area contributed by atoms with Gasteiger partial charge in [-0.05, 0) is 30.7 Å². The van der Waals surface area contributed by atoms with Crippen molar-refractivity contribution in [1.82, 2.24) is 4.98 Å². The van der Waals surface area contributed by atoms with Crippen molar-refractivity contribution >= 4 is 38.9 Å². The van der Waals surface area contributed by atoms with Crippen LogP contribution in [0, 0.1) is 18.3 Å². The first-order chi connectivity index (χ1) is 9.83. The van der Waals surface area contributed by atoms with Crippen molar-refractivity contribution in [3.63, 3.8) is 0 Å². The first-order valence-electron chi connectivity index (χ1n) is 5.63. The minimum absolute atomic E-state index is 0. The molecule has 0 spiro atoms. The van der Waals surface area contributed by atoms with Crippen LogP contribution in [0.5, 0.6) is 0 Å². The molecule has 1 aromatic heterocycles. The summed E-state index contributed by atoms with van der Waals surface area (Å²) in [5.74, 6) is 0. The Kier molecular flexibility index (Phi) is 6.68. The van der Waals surface area contributed by atoms with Crippen molar-refractivity contribution in [1.29, 1.82) is 5.26 Å². The Morgan fingerprint density at radius 2 is 1.91 bits per heavy atom. The van der Waals surface area contributed by atoms with Crippen molar-refractivity contribution in [3.05, 3.63) is 56.5 Å². The maximum Gasteiger partial charge on any atom is 1.00 e. The zero-order valence-corrected chi connectivity index (χ0v) is 16.0. The van der Waals surface area contributed by atoms with Gasteiger partial charge >= 0.3 is 29.6 Å². The van der Waals surface area contributed by atoms with Gasteiger partial charge in [0.15, 0.2) is 0 Å². The Morgan fingerprint density at radius 1 is 1.23 bits per heavy atom. The maximum absolute atomic E-state index is 12.2. The minimum Gasteiger partial charge on any atom is -0.570 e. The van der Waals surface area contributed by atoms with Crippen LogP contribution in [0.1, 0.15) is 11.3 Å². The van der Waals surface area contributed by atoms with Gasteiger partial charge in [0.2, 0.25) is 0 Å². The number of pyridine rings is 1. The smallest absolute Gasteiger partial charge is 0.570 e. The molecule has 9 heteroatoms. The molecule has 2 rings (SSSR count). The van der Waals surface area contributed by atoms with Gasteiger partial charge in [-0.15, -0.1) is 0 Å². The molecule has 2 aromatic rings. The van der Waals surface area contributed by atoms with Crippen molar-refractivity contribution < 1.29 is 38.0 Å². The average Bonchev–Trinajstić information content (AvgIpc) is 2.41. The van der Waals surface area contributed by atoms with E-state index in [4.69, 9.17) is 28.5 Å². The van der Waals surface area contributed by atoms with Gasteiger partial charge in [-0.25, -0.2) is 13.4 Å². The molecule has 0 N–H and O–H groups in total. The van der Waals surface area contributed by atoms with Crippen molar-refractivity contribution in [2.75, 3.05) is 0 Å². The second-order valence-electron chi connectivity index (χ2n) is 4.13. The van der Waals surface area contributed by atoms with Crippen molar-refractivity contribution in [2.24, 2.45) is 0 Å².